The minimum atomic E-state index is -1.30. The fourth-order valence-corrected chi connectivity index (χ4v) is 8.37. The highest BCUT2D eigenvalue weighted by Gasteiger charge is 2.54. The van der Waals surface area contributed by atoms with Crippen LogP contribution in [-0.2, 0) is 24.9 Å². The molecule has 43 heavy (non-hydrogen) atoms. The number of fused-ring (bicyclic) bond motifs is 1. The molecule has 0 spiro atoms. The van der Waals surface area contributed by atoms with Gasteiger partial charge in [-0.3, -0.25) is 24.3 Å². The van der Waals surface area contributed by atoms with E-state index in [0.717, 1.165) is 26.7 Å². The zero-order chi connectivity index (χ0) is 31.3. The minimum absolute atomic E-state index is 0.0234. The lowest BCUT2D eigenvalue weighted by atomic mass is 10.0. The van der Waals surface area contributed by atoms with Crippen LogP contribution in [-0.4, -0.2) is 102 Å². The van der Waals surface area contributed by atoms with Crippen LogP contribution in [0.15, 0.2) is 39.1 Å². The maximum Gasteiger partial charge on any atom is 0.353 e. The fraction of sp³-hybridized carbons (Fsp3) is 0.348. The number of amides is 3. The van der Waals surface area contributed by atoms with E-state index in [0.29, 0.717) is 23.0 Å². The van der Waals surface area contributed by atoms with Gasteiger partial charge >= 0.3 is 5.97 Å². The van der Waals surface area contributed by atoms with E-state index in [2.05, 4.69) is 25.8 Å². The van der Waals surface area contributed by atoms with Gasteiger partial charge < -0.3 is 37.5 Å². The second-order valence-electron chi connectivity index (χ2n) is 8.78. The Labute approximate surface area is 265 Å². The summed E-state index contributed by atoms with van der Waals surface area (Å²) in [5.41, 5.74) is 11.0. The second kappa shape index (κ2) is 14.6. The van der Waals surface area contributed by atoms with Crippen molar-refractivity contribution >= 4 is 92.8 Å². The number of thiazole rings is 1. The van der Waals surface area contributed by atoms with Crippen LogP contribution in [0, 0.1) is 0 Å². The third-order valence-corrected chi connectivity index (χ3v) is 10.7. The number of halogens is 1. The van der Waals surface area contributed by atoms with Gasteiger partial charge in [-0.25, -0.2) is 9.78 Å². The molecular weight excluding hydrogens is 664 g/mol. The number of hydrogen-bond donors (Lipinski definition) is 7. The van der Waals surface area contributed by atoms with E-state index in [1.165, 1.54) is 35.3 Å². The molecular formula is C23H25ClN8O7S4. The Morgan fingerprint density at radius 3 is 2.77 bits per heavy atom. The van der Waals surface area contributed by atoms with E-state index in [-0.39, 0.29) is 26.6 Å². The normalized spacial score (nSPS) is 19.0. The van der Waals surface area contributed by atoms with Crippen LogP contribution in [0.3, 0.4) is 0 Å². The molecule has 4 heterocycles. The molecule has 2 aromatic rings. The van der Waals surface area contributed by atoms with Crippen LogP contribution in [0.2, 0.25) is 4.34 Å². The van der Waals surface area contributed by atoms with E-state index in [1.807, 2.05) is 0 Å². The van der Waals surface area contributed by atoms with Crippen LogP contribution in [0.25, 0.3) is 0 Å². The third kappa shape index (κ3) is 7.36. The van der Waals surface area contributed by atoms with Crippen molar-refractivity contribution in [1.82, 2.24) is 25.5 Å². The summed E-state index contributed by atoms with van der Waals surface area (Å²) in [7, 11) is 0. The lowest BCUT2D eigenvalue weighted by Crippen LogP contribution is -2.71. The number of carbonyl (C=O) groups is 4. The van der Waals surface area contributed by atoms with Gasteiger partial charge in [0.2, 0.25) is 5.91 Å². The number of rotatable bonds is 13. The number of aliphatic hydroxyl groups excluding tert-OH is 1. The molecule has 0 aliphatic carbocycles. The predicted molar refractivity (Wildman–Crippen MR) is 164 cm³/mol. The molecule has 1 fully saturated rings. The number of nitrogens with zero attached hydrogens (tertiary/aromatic N) is 4. The molecule has 230 valence electrons. The number of carboxylic acids is 1. The van der Waals surface area contributed by atoms with E-state index in [9.17, 15) is 29.5 Å². The lowest BCUT2D eigenvalue weighted by molar-refractivity contribution is -0.150. The molecule has 20 heteroatoms. The Morgan fingerprint density at radius 1 is 1.35 bits per heavy atom. The van der Waals surface area contributed by atoms with Crippen molar-refractivity contribution in [1.29, 1.82) is 0 Å². The summed E-state index contributed by atoms with van der Waals surface area (Å²) >= 11 is 10.9. The van der Waals surface area contributed by atoms with Crippen molar-refractivity contribution in [2.75, 3.05) is 30.4 Å². The first-order valence-corrected chi connectivity index (χ1v) is 16.5. The molecule has 15 nitrogen and oxygen atoms in total. The van der Waals surface area contributed by atoms with E-state index in [4.69, 9.17) is 28.2 Å². The van der Waals surface area contributed by atoms with E-state index < -0.39 is 53.5 Å². The first-order chi connectivity index (χ1) is 20.6. The second-order valence-corrected chi connectivity index (χ2v) is 13.8. The Hall–Kier alpha value is -3.07. The maximum atomic E-state index is 13.1. The summed E-state index contributed by atoms with van der Waals surface area (Å²) in [5, 5.41) is 35.8. The van der Waals surface area contributed by atoms with Gasteiger partial charge in [0.05, 0.1) is 6.61 Å². The summed E-state index contributed by atoms with van der Waals surface area (Å²) in [6, 6.07) is -0.306. The van der Waals surface area contributed by atoms with Gasteiger partial charge in [-0.05, 0) is 11.6 Å². The number of β-lactam (4-membered cyclic amide) rings is 1. The first kappa shape index (κ1) is 32.8. The number of aliphatic hydroxyl groups is 1. The largest absolute Gasteiger partial charge is 0.477 e. The van der Waals surface area contributed by atoms with Crippen molar-refractivity contribution in [2.45, 2.75) is 28.1 Å². The zero-order valence-electron chi connectivity index (χ0n) is 21.9. The standard InChI is InChI=1S/C23H25ClN8O7S4/c24-17-13(30-23(26)43-17)14(31-39)19(35)29-15-20(36)32-16(22(37)38)12(8-41-21(15)32)42-11-1-2-27-5-9(11)7-40-4-3-28-18(34)10(25)6-33/h1-2,5,10,15,21,33,39H,3-4,6-8,25H2,(H2,26,30)(H,28,34)(H,29,35)(H,37,38)/b31-14-/t10-,15+,21+/m0/s1. The number of hydrogen-bond acceptors (Lipinski definition) is 15. The number of nitrogens with one attached hydrogen (secondary N) is 2. The van der Waals surface area contributed by atoms with Crippen LogP contribution in [0.1, 0.15) is 11.3 Å². The summed E-state index contributed by atoms with van der Waals surface area (Å²) < 4.78 is 0.0234. The fourth-order valence-electron chi connectivity index (χ4n) is 3.94. The lowest BCUT2D eigenvalue weighted by Gasteiger charge is -2.49. The first-order valence-electron chi connectivity index (χ1n) is 12.3. The quantitative estimate of drug-likeness (QED) is 0.0485. The molecule has 2 aliphatic heterocycles. The highest BCUT2D eigenvalue weighted by atomic mass is 35.5. The van der Waals surface area contributed by atoms with Gasteiger partial charge in [0.25, 0.3) is 11.8 Å². The summed E-state index contributed by atoms with van der Waals surface area (Å²) in [6.07, 6.45) is 3.24. The number of aromatic nitrogens is 2. The summed E-state index contributed by atoms with van der Waals surface area (Å²) in [5.74, 6) is -1.99. The van der Waals surface area contributed by atoms with Gasteiger partial charge in [0.1, 0.15) is 33.2 Å². The van der Waals surface area contributed by atoms with E-state index in [1.54, 1.807) is 18.5 Å². The number of pyridine rings is 1. The third-order valence-electron chi connectivity index (χ3n) is 5.99. The number of aliphatic carboxylic acids is 1. The zero-order valence-corrected chi connectivity index (χ0v) is 26.0. The highest BCUT2D eigenvalue weighted by molar-refractivity contribution is 8.06. The number of carboxylic acid groups (broad SMARTS) is 1. The SMILES string of the molecule is Nc1nc(/C(=N/O)C(=O)N[C@@H]2C(=O)N3C(C(=O)O)=C(Sc4ccncc4CSCCNC(=O)[C@@H](N)CO)CS[C@H]23)c(Cl)s1. The number of oxime groups is 1. The maximum absolute atomic E-state index is 13.1. The molecule has 0 saturated carbocycles. The molecule has 1 saturated heterocycles. The van der Waals surface area contributed by atoms with Gasteiger partial charge in [0.15, 0.2) is 10.8 Å². The summed E-state index contributed by atoms with van der Waals surface area (Å²) in [4.78, 5) is 60.3. The van der Waals surface area contributed by atoms with Crippen LogP contribution >= 0.6 is 58.2 Å². The average molecular weight is 689 g/mol. The molecule has 0 radical (unpaired) electrons. The molecule has 3 atom stereocenters. The Balaban J connectivity index is 1.42. The number of nitrogen functional groups attached to an aromatic ring is 1. The molecule has 0 aromatic carbocycles. The topological polar surface area (TPSA) is 246 Å². The molecule has 0 unspecified atom stereocenters. The molecule has 2 aliphatic rings. The monoisotopic (exact) mass is 688 g/mol. The van der Waals surface area contributed by atoms with Crippen molar-refractivity contribution in [3.8, 4) is 0 Å². The van der Waals surface area contributed by atoms with E-state index >= 15 is 0 Å². The molecule has 2 aromatic heterocycles. The molecule has 0 bridgehead atoms. The van der Waals surface area contributed by atoms with Gasteiger partial charge in [0, 0.05) is 46.0 Å². The number of carbonyl (C=O) groups excluding carboxylic acids is 3. The van der Waals surface area contributed by atoms with Crippen molar-refractivity contribution in [3.05, 3.63) is 44.7 Å². The molecule has 3 amide bonds. The average Bonchev–Trinajstić information content (AvgIpc) is 3.32. The minimum Gasteiger partial charge on any atom is -0.477 e. The van der Waals surface area contributed by atoms with Crippen LogP contribution in [0.4, 0.5) is 5.13 Å². The Morgan fingerprint density at radius 2 is 2.12 bits per heavy atom. The predicted octanol–water partition coefficient (Wildman–Crippen LogP) is 0.109. The number of nitrogens with two attached hydrogens (primary N) is 2. The van der Waals surface area contributed by atoms with Crippen molar-refractivity contribution < 1.29 is 34.6 Å². The number of thioether (sulfide) groups is 3. The van der Waals surface area contributed by atoms with Crippen molar-refractivity contribution in [3.63, 3.8) is 0 Å². The molecule has 9 N–H and O–H groups in total. The van der Waals surface area contributed by atoms with Crippen molar-refractivity contribution in [2.24, 2.45) is 10.9 Å². The van der Waals surface area contributed by atoms with Gasteiger partial charge in [-0.2, -0.15) is 11.8 Å². The highest BCUT2D eigenvalue weighted by Crippen LogP contribution is 2.46. The van der Waals surface area contributed by atoms with Gasteiger partial charge in [-0.1, -0.05) is 39.9 Å². The Kier molecular flexibility index (Phi) is 11.2. The van der Waals surface area contributed by atoms with Gasteiger partial charge in [-0.15, -0.1) is 11.8 Å². The number of anilines is 1. The van der Waals surface area contributed by atoms with Crippen LogP contribution < -0.4 is 22.1 Å². The Bertz CT molecular complexity index is 1490. The van der Waals surface area contributed by atoms with Crippen LogP contribution in [0.5, 0.6) is 0 Å². The smallest absolute Gasteiger partial charge is 0.353 e. The summed E-state index contributed by atoms with van der Waals surface area (Å²) in [6.45, 7) is -0.101. The molecule has 4 rings (SSSR count).